The van der Waals surface area contributed by atoms with Gasteiger partial charge in [0.2, 0.25) is 0 Å². The van der Waals surface area contributed by atoms with Gasteiger partial charge in [-0.15, -0.1) is 0 Å². The van der Waals surface area contributed by atoms with E-state index in [0.29, 0.717) is 5.92 Å². The second-order valence-corrected chi connectivity index (χ2v) is 3.79. The zero-order valence-electron chi connectivity index (χ0n) is 7.98. The van der Waals surface area contributed by atoms with Gasteiger partial charge in [0.05, 0.1) is 5.02 Å². The Hall–Kier alpha value is -0.560. The molecule has 1 aromatic rings. The van der Waals surface area contributed by atoms with Crippen molar-refractivity contribution in [2.45, 2.75) is 33.6 Å². The van der Waals surface area contributed by atoms with Crippen LogP contribution in [0.3, 0.4) is 0 Å². The van der Waals surface area contributed by atoms with Crippen molar-refractivity contribution in [1.82, 2.24) is 4.98 Å². The van der Waals surface area contributed by atoms with Crippen LogP contribution in [-0.4, -0.2) is 4.98 Å². The van der Waals surface area contributed by atoms with E-state index in [-0.39, 0.29) is 0 Å². The third-order valence-corrected chi connectivity index (χ3v) is 2.50. The Morgan fingerprint density at radius 2 is 1.92 bits per heavy atom. The van der Waals surface area contributed by atoms with Crippen LogP contribution in [0.5, 0.6) is 0 Å². The van der Waals surface area contributed by atoms with Crippen LogP contribution in [0.1, 0.15) is 36.6 Å². The summed E-state index contributed by atoms with van der Waals surface area (Å²) in [5, 5.41) is 0.873. The molecular weight excluding hydrogens is 170 g/mol. The Morgan fingerprint density at radius 3 is 2.33 bits per heavy atom. The molecule has 0 amide bonds. The lowest BCUT2D eigenvalue weighted by atomic mass is 10.0. The molecule has 0 atom stereocenters. The van der Waals surface area contributed by atoms with Gasteiger partial charge in [-0.1, -0.05) is 25.4 Å². The Bertz CT molecular complexity index is 292. The maximum atomic E-state index is 6.15. The SMILES string of the molecule is Cc1cnc(C)c(C(C)C)c1Cl. The van der Waals surface area contributed by atoms with Gasteiger partial charge in [0, 0.05) is 11.9 Å². The van der Waals surface area contributed by atoms with Gasteiger partial charge in [0.1, 0.15) is 0 Å². The van der Waals surface area contributed by atoms with Crippen molar-refractivity contribution >= 4 is 11.6 Å². The Kier molecular flexibility index (Phi) is 2.73. The van der Waals surface area contributed by atoms with Gasteiger partial charge in [-0.05, 0) is 30.9 Å². The van der Waals surface area contributed by atoms with Gasteiger partial charge >= 0.3 is 0 Å². The fraction of sp³-hybridized carbons (Fsp3) is 0.500. The smallest absolute Gasteiger partial charge is 0.0503 e. The van der Waals surface area contributed by atoms with Crippen LogP contribution in [0, 0.1) is 13.8 Å². The largest absolute Gasteiger partial charge is 0.261 e. The summed E-state index contributed by atoms with van der Waals surface area (Å²) in [6.45, 7) is 8.26. The molecule has 0 spiro atoms. The minimum Gasteiger partial charge on any atom is -0.261 e. The summed E-state index contributed by atoms with van der Waals surface area (Å²) < 4.78 is 0. The van der Waals surface area contributed by atoms with Gasteiger partial charge in [0.15, 0.2) is 0 Å². The third kappa shape index (κ3) is 1.61. The average Bonchev–Trinajstić information content (AvgIpc) is 1.97. The van der Waals surface area contributed by atoms with Gasteiger partial charge < -0.3 is 0 Å². The monoisotopic (exact) mass is 183 g/mol. The normalized spacial score (nSPS) is 10.8. The highest BCUT2D eigenvalue weighted by Gasteiger charge is 2.10. The Labute approximate surface area is 78.8 Å². The average molecular weight is 184 g/mol. The van der Waals surface area contributed by atoms with Crippen LogP contribution in [0.25, 0.3) is 0 Å². The molecule has 0 aromatic carbocycles. The van der Waals surface area contributed by atoms with E-state index < -0.39 is 0 Å². The first-order valence-corrected chi connectivity index (χ1v) is 4.53. The van der Waals surface area contributed by atoms with Gasteiger partial charge in [-0.3, -0.25) is 4.98 Å². The molecule has 0 bridgehead atoms. The number of aromatic nitrogens is 1. The van der Waals surface area contributed by atoms with E-state index in [2.05, 4.69) is 18.8 Å². The van der Waals surface area contributed by atoms with Gasteiger partial charge in [-0.2, -0.15) is 0 Å². The summed E-state index contributed by atoms with van der Waals surface area (Å²) in [5.41, 5.74) is 3.28. The molecule has 1 nitrogen and oxygen atoms in total. The molecule has 0 unspecified atom stereocenters. The fourth-order valence-corrected chi connectivity index (χ4v) is 1.77. The Morgan fingerprint density at radius 1 is 1.33 bits per heavy atom. The molecule has 0 fully saturated rings. The zero-order chi connectivity index (χ0) is 9.30. The summed E-state index contributed by atoms with van der Waals surface area (Å²) in [4.78, 5) is 4.28. The van der Waals surface area contributed by atoms with E-state index >= 15 is 0 Å². The molecule has 0 aliphatic carbocycles. The second-order valence-electron chi connectivity index (χ2n) is 3.41. The predicted octanol–water partition coefficient (Wildman–Crippen LogP) is 3.48. The van der Waals surface area contributed by atoms with E-state index in [9.17, 15) is 0 Å². The highest BCUT2D eigenvalue weighted by atomic mass is 35.5. The molecule has 0 aliphatic rings. The van der Waals surface area contributed by atoms with E-state index in [1.165, 1.54) is 5.56 Å². The molecule has 2 heteroatoms. The Balaban J connectivity index is 3.33. The zero-order valence-corrected chi connectivity index (χ0v) is 8.74. The van der Waals surface area contributed by atoms with Crippen molar-refractivity contribution in [1.29, 1.82) is 0 Å². The minimum atomic E-state index is 0.449. The highest BCUT2D eigenvalue weighted by Crippen LogP contribution is 2.28. The van der Waals surface area contributed by atoms with Crippen molar-refractivity contribution < 1.29 is 0 Å². The maximum Gasteiger partial charge on any atom is 0.0503 e. The number of hydrogen-bond donors (Lipinski definition) is 0. The number of rotatable bonds is 1. The number of pyridine rings is 1. The highest BCUT2D eigenvalue weighted by molar-refractivity contribution is 6.32. The third-order valence-electron chi connectivity index (χ3n) is 2.00. The lowest BCUT2D eigenvalue weighted by Gasteiger charge is -2.12. The topological polar surface area (TPSA) is 12.9 Å². The van der Waals surface area contributed by atoms with Gasteiger partial charge in [0.25, 0.3) is 0 Å². The van der Waals surface area contributed by atoms with Crippen LogP contribution in [0.4, 0.5) is 0 Å². The van der Waals surface area contributed by atoms with Crippen molar-refractivity contribution in [2.24, 2.45) is 0 Å². The molecule has 0 N–H and O–H groups in total. The molecule has 0 radical (unpaired) electrons. The molecule has 12 heavy (non-hydrogen) atoms. The summed E-state index contributed by atoms with van der Waals surface area (Å²) in [6.07, 6.45) is 1.82. The second kappa shape index (κ2) is 3.44. The predicted molar refractivity (Wildman–Crippen MR) is 52.8 cm³/mol. The number of nitrogens with zero attached hydrogens (tertiary/aromatic N) is 1. The van der Waals surface area contributed by atoms with Crippen LogP contribution < -0.4 is 0 Å². The first-order chi connectivity index (χ1) is 5.54. The van der Waals surface area contributed by atoms with E-state index in [0.717, 1.165) is 16.3 Å². The van der Waals surface area contributed by atoms with Crippen molar-refractivity contribution in [3.8, 4) is 0 Å². The first-order valence-electron chi connectivity index (χ1n) is 4.15. The van der Waals surface area contributed by atoms with Gasteiger partial charge in [-0.25, -0.2) is 0 Å². The molecule has 1 rings (SSSR count). The minimum absolute atomic E-state index is 0.449. The van der Waals surface area contributed by atoms with E-state index in [1.54, 1.807) is 0 Å². The molecule has 0 saturated heterocycles. The summed E-state index contributed by atoms with van der Waals surface area (Å²) in [6, 6.07) is 0. The molecule has 1 aromatic heterocycles. The maximum absolute atomic E-state index is 6.15. The lowest BCUT2D eigenvalue weighted by Crippen LogP contribution is -1.97. The van der Waals surface area contributed by atoms with Crippen molar-refractivity contribution in [3.05, 3.63) is 28.0 Å². The number of halogens is 1. The molecule has 0 saturated carbocycles. The lowest BCUT2D eigenvalue weighted by molar-refractivity contribution is 0.840. The van der Waals surface area contributed by atoms with E-state index in [1.807, 2.05) is 20.0 Å². The van der Waals surface area contributed by atoms with Crippen LogP contribution in [0.2, 0.25) is 5.02 Å². The van der Waals surface area contributed by atoms with Crippen molar-refractivity contribution in [2.75, 3.05) is 0 Å². The summed E-state index contributed by atoms with van der Waals surface area (Å²) in [7, 11) is 0. The quantitative estimate of drug-likeness (QED) is 0.650. The molecule has 1 heterocycles. The molecule has 0 aliphatic heterocycles. The molecule has 66 valence electrons. The van der Waals surface area contributed by atoms with Crippen molar-refractivity contribution in [3.63, 3.8) is 0 Å². The first kappa shape index (κ1) is 9.53. The van der Waals surface area contributed by atoms with Crippen LogP contribution >= 0.6 is 11.6 Å². The number of aryl methyl sites for hydroxylation is 2. The summed E-state index contributed by atoms with van der Waals surface area (Å²) in [5.74, 6) is 0.449. The van der Waals surface area contributed by atoms with Crippen LogP contribution in [-0.2, 0) is 0 Å². The standard InChI is InChI=1S/C10H14ClN/c1-6(2)9-8(4)12-5-7(3)10(9)11/h5-6H,1-4H3. The molecular formula is C10H14ClN. The van der Waals surface area contributed by atoms with E-state index in [4.69, 9.17) is 11.6 Å². The fourth-order valence-electron chi connectivity index (χ4n) is 1.36. The number of hydrogen-bond acceptors (Lipinski definition) is 1. The van der Waals surface area contributed by atoms with Crippen LogP contribution in [0.15, 0.2) is 6.20 Å². The summed E-state index contributed by atoms with van der Waals surface area (Å²) >= 11 is 6.15.